The number of hydrogen-bond donors (Lipinski definition) is 0. The summed E-state index contributed by atoms with van der Waals surface area (Å²) in [5.41, 5.74) is 2.05. The first-order valence-corrected chi connectivity index (χ1v) is 6.61. The van der Waals surface area contributed by atoms with Gasteiger partial charge in [0, 0.05) is 4.47 Å². The van der Waals surface area contributed by atoms with Crippen molar-refractivity contribution in [1.82, 2.24) is 4.98 Å². The van der Waals surface area contributed by atoms with E-state index in [1.54, 1.807) is 6.07 Å². The second-order valence-corrected chi connectivity index (χ2v) is 5.11. The highest BCUT2D eigenvalue weighted by Crippen LogP contribution is 2.27. The third kappa shape index (κ3) is 2.08. The fourth-order valence-electron chi connectivity index (χ4n) is 1.99. The minimum absolute atomic E-state index is 0.333. The average Bonchev–Trinajstić information content (AvgIpc) is 2.40. The number of aryl methyl sites for hydroxylation is 1. The normalized spacial score (nSPS) is 10.8. The molecule has 0 bridgehead atoms. The van der Waals surface area contributed by atoms with E-state index >= 15 is 0 Å². The number of nitrogens with zero attached hydrogens (tertiary/aromatic N) is 1. The molecule has 0 saturated carbocycles. The Labute approximate surface area is 118 Å². The number of benzene rings is 2. The molecule has 0 aliphatic rings. The maximum absolute atomic E-state index is 12.0. The molecule has 1 heterocycles. The van der Waals surface area contributed by atoms with Crippen LogP contribution in [0.15, 0.2) is 56.1 Å². The number of rotatable bonds is 1. The topological polar surface area (TPSA) is 43.1 Å². The third-order valence-electron chi connectivity index (χ3n) is 2.96. The molecule has 0 N–H and O–H groups in total. The number of halogens is 1. The lowest BCUT2D eigenvalue weighted by Crippen LogP contribution is -2.04. The molecule has 19 heavy (non-hydrogen) atoms. The zero-order valence-corrected chi connectivity index (χ0v) is 11.8. The van der Waals surface area contributed by atoms with E-state index < -0.39 is 0 Å². The van der Waals surface area contributed by atoms with E-state index in [2.05, 4.69) is 20.9 Å². The predicted molar refractivity (Wildman–Crippen MR) is 78.2 cm³/mol. The molecule has 0 aliphatic carbocycles. The molecule has 2 aromatic carbocycles. The van der Waals surface area contributed by atoms with Gasteiger partial charge in [0.25, 0.3) is 0 Å². The van der Waals surface area contributed by atoms with Gasteiger partial charge in [-0.05, 0) is 46.6 Å². The molecule has 0 atom stereocenters. The van der Waals surface area contributed by atoms with E-state index in [-0.39, 0.29) is 5.63 Å². The van der Waals surface area contributed by atoms with Gasteiger partial charge in [-0.3, -0.25) is 0 Å². The molecule has 94 valence electrons. The van der Waals surface area contributed by atoms with Crippen LogP contribution in [0.4, 0.5) is 0 Å². The molecule has 3 nitrogen and oxygen atoms in total. The molecule has 0 unspecified atom stereocenters. The van der Waals surface area contributed by atoms with Crippen LogP contribution in [-0.4, -0.2) is 4.98 Å². The van der Waals surface area contributed by atoms with Crippen molar-refractivity contribution in [2.24, 2.45) is 0 Å². The highest BCUT2D eigenvalue weighted by atomic mass is 79.9. The van der Waals surface area contributed by atoms with Gasteiger partial charge >= 0.3 is 5.63 Å². The summed E-state index contributed by atoms with van der Waals surface area (Å²) in [5, 5.41) is 0.510. The second-order valence-electron chi connectivity index (χ2n) is 4.26. The van der Waals surface area contributed by atoms with Crippen molar-refractivity contribution in [2.75, 3.05) is 0 Å². The highest BCUT2D eigenvalue weighted by Gasteiger charge is 2.11. The lowest BCUT2D eigenvalue weighted by Gasteiger charge is -2.05. The van der Waals surface area contributed by atoms with Crippen molar-refractivity contribution < 1.29 is 4.42 Å². The fraction of sp³-hybridized carbons (Fsp3) is 0.0667. The summed E-state index contributed by atoms with van der Waals surface area (Å²) in [6, 6.07) is 13.0. The van der Waals surface area contributed by atoms with Crippen LogP contribution < -0.4 is 5.63 Å². The molecular formula is C15H10BrNO2. The van der Waals surface area contributed by atoms with Gasteiger partial charge in [0.1, 0.15) is 0 Å². The van der Waals surface area contributed by atoms with Gasteiger partial charge in [-0.2, -0.15) is 0 Å². The van der Waals surface area contributed by atoms with Crippen LogP contribution in [0.5, 0.6) is 0 Å². The second kappa shape index (κ2) is 4.63. The summed E-state index contributed by atoms with van der Waals surface area (Å²) in [7, 11) is 0. The summed E-state index contributed by atoms with van der Waals surface area (Å²) in [4.78, 5) is 16.5. The van der Waals surface area contributed by atoms with Gasteiger partial charge in [0.05, 0.1) is 16.5 Å². The Bertz CT molecular complexity index is 824. The molecule has 0 amide bonds. The minimum atomic E-state index is -0.362. The van der Waals surface area contributed by atoms with E-state index in [4.69, 9.17) is 4.42 Å². The molecule has 4 heteroatoms. The van der Waals surface area contributed by atoms with Gasteiger partial charge in [0.15, 0.2) is 0 Å². The predicted octanol–water partition coefficient (Wildman–Crippen LogP) is 3.93. The lowest BCUT2D eigenvalue weighted by atomic mass is 10.1. The standard InChI is InChI=1S/C15H10BrNO2/c1-9-5-4-7-11-13(9)17-14(19-15(11)18)10-6-2-3-8-12(10)16/h2-8H,1H3. The quantitative estimate of drug-likeness (QED) is 0.683. The molecule has 0 fully saturated rings. The average molecular weight is 316 g/mol. The Kier molecular flexibility index (Phi) is 2.95. The van der Waals surface area contributed by atoms with Crippen LogP contribution in [0.25, 0.3) is 22.4 Å². The summed E-state index contributed by atoms with van der Waals surface area (Å²) < 4.78 is 6.16. The van der Waals surface area contributed by atoms with Gasteiger partial charge in [-0.15, -0.1) is 0 Å². The summed E-state index contributed by atoms with van der Waals surface area (Å²) >= 11 is 3.44. The van der Waals surface area contributed by atoms with Crippen LogP contribution in [0.3, 0.4) is 0 Å². The molecule has 1 aromatic heterocycles. The van der Waals surface area contributed by atoms with Crippen LogP contribution in [0.1, 0.15) is 5.56 Å². The van der Waals surface area contributed by atoms with Crippen molar-refractivity contribution in [3.63, 3.8) is 0 Å². The number of para-hydroxylation sites is 1. The molecule has 0 spiro atoms. The molecule has 0 saturated heterocycles. The van der Waals surface area contributed by atoms with Crippen molar-refractivity contribution >= 4 is 26.8 Å². The van der Waals surface area contributed by atoms with Gasteiger partial charge in [-0.1, -0.05) is 24.3 Å². The van der Waals surface area contributed by atoms with Crippen LogP contribution >= 0.6 is 15.9 Å². The third-order valence-corrected chi connectivity index (χ3v) is 3.66. The van der Waals surface area contributed by atoms with Gasteiger partial charge in [-0.25, -0.2) is 9.78 Å². The Morgan fingerprint density at radius 2 is 1.89 bits per heavy atom. The van der Waals surface area contributed by atoms with E-state index in [9.17, 15) is 4.79 Å². The first-order valence-electron chi connectivity index (χ1n) is 5.82. The highest BCUT2D eigenvalue weighted by molar-refractivity contribution is 9.10. The molecule has 0 radical (unpaired) electrons. The zero-order chi connectivity index (χ0) is 13.4. The largest absolute Gasteiger partial charge is 0.403 e. The Balaban J connectivity index is 2.36. The van der Waals surface area contributed by atoms with Crippen LogP contribution in [0.2, 0.25) is 0 Å². The van der Waals surface area contributed by atoms with E-state index in [1.807, 2.05) is 43.3 Å². The molecular weight excluding hydrogens is 306 g/mol. The monoisotopic (exact) mass is 315 g/mol. The maximum atomic E-state index is 12.0. The number of fused-ring (bicyclic) bond motifs is 1. The van der Waals surface area contributed by atoms with E-state index in [0.29, 0.717) is 16.8 Å². The summed E-state index contributed by atoms with van der Waals surface area (Å²) in [6.45, 7) is 1.93. The van der Waals surface area contributed by atoms with E-state index in [1.165, 1.54) is 0 Å². The lowest BCUT2D eigenvalue weighted by molar-refractivity contribution is 0.518. The fourth-order valence-corrected chi connectivity index (χ4v) is 2.44. The number of hydrogen-bond acceptors (Lipinski definition) is 3. The van der Waals surface area contributed by atoms with Gasteiger partial charge < -0.3 is 4.42 Å². The zero-order valence-electron chi connectivity index (χ0n) is 10.2. The van der Waals surface area contributed by atoms with Crippen LogP contribution in [-0.2, 0) is 0 Å². The van der Waals surface area contributed by atoms with Gasteiger partial charge in [0.2, 0.25) is 5.89 Å². The van der Waals surface area contributed by atoms with Crippen molar-refractivity contribution in [2.45, 2.75) is 6.92 Å². The molecule has 0 aliphatic heterocycles. The Morgan fingerprint density at radius 3 is 2.68 bits per heavy atom. The molecule has 3 aromatic rings. The van der Waals surface area contributed by atoms with E-state index in [0.717, 1.165) is 15.6 Å². The van der Waals surface area contributed by atoms with Crippen molar-refractivity contribution in [3.05, 3.63) is 62.9 Å². The molecule has 3 rings (SSSR count). The van der Waals surface area contributed by atoms with Crippen molar-refractivity contribution in [1.29, 1.82) is 0 Å². The Hall–Kier alpha value is -1.94. The Morgan fingerprint density at radius 1 is 1.11 bits per heavy atom. The maximum Gasteiger partial charge on any atom is 0.347 e. The first-order chi connectivity index (χ1) is 9.16. The minimum Gasteiger partial charge on any atom is -0.403 e. The number of aromatic nitrogens is 1. The summed E-state index contributed by atoms with van der Waals surface area (Å²) in [5.74, 6) is 0.333. The first kappa shape index (κ1) is 12.1. The SMILES string of the molecule is Cc1cccc2c(=O)oc(-c3ccccc3Br)nc12. The van der Waals surface area contributed by atoms with Crippen LogP contribution in [0, 0.1) is 6.92 Å². The summed E-state index contributed by atoms with van der Waals surface area (Å²) in [6.07, 6.45) is 0. The smallest absolute Gasteiger partial charge is 0.347 e. The van der Waals surface area contributed by atoms with Crippen molar-refractivity contribution in [3.8, 4) is 11.5 Å².